The number of carboxylic acid groups (broad SMARTS) is 1. The lowest BCUT2D eigenvalue weighted by atomic mass is 9.85. The molecule has 11 heteroatoms. The maximum absolute atomic E-state index is 14.3. The fourth-order valence-electron chi connectivity index (χ4n) is 7.11. The van der Waals surface area contributed by atoms with Crippen molar-refractivity contribution in [1.29, 1.82) is 0 Å². The summed E-state index contributed by atoms with van der Waals surface area (Å²) in [5.74, 6) is -2.36. The first-order valence-electron chi connectivity index (χ1n) is 16.7. The number of nitrogens with zero attached hydrogens (tertiary/aromatic N) is 2. The molecule has 5 atom stereocenters. The molecule has 3 N–H and O–H groups in total. The minimum Gasteiger partial charge on any atom is -0.479 e. The van der Waals surface area contributed by atoms with Crippen LogP contribution in [0.15, 0.2) is 48.1 Å². The molecular weight excluding hydrogens is 588 g/mol. The van der Waals surface area contributed by atoms with E-state index in [1.807, 2.05) is 51.1 Å². The highest BCUT2D eigenvalue weighted by Crippen LogP contribution is 2.45. The Morgan fingerprint density at radius 1 is 1.04 bits per heavy atom. The molecule has 3 saturated carbocycles. The Bertz CT molecular complexity index is 1330. The number of aliphatic carboxylic acids is 1. The van der Waals surface area contributed by atoms with Crippen LogP contribution >= 0.6 is 0 Å². The smallest absolute Gasteiger partial charge is 0.408 e. The van der Waals surface area contributed by atoms with E-state index in [4.69, 9.17) is 9.57 Å². The van der Waals surface area contributed by atoms with Gasteiger partial charge in [0.25, 0.3) is 0 Å². The zero-order chi connectivity index (χ0) is 33.1. The molecule has 1 heterocycles. The van der Waals surface area contributed by atoms with Crippen molar-refractivity contribution in [3.8, 4) is 0 Å². The molecule has 1 aliphatic heterocycles. The SMILES string of the molecule is C=C[C@@H]1C[C@@]1(NC(=O)[C@@H]1C[C@@H](O/N=C(/c2ccccc2)C2CCCC2)CN1C(=O)[C@@H](NC(=O)OC1CCCC1)C(C)(C)C)C(=O)O. The lowest BCUT2D eigenvalue weighted by Gasteiger charge is -2.35. The highest BCUT2D eigenvalue weighted by molar-refractivity contribution is 6.02. The Morgan fingerprint density at radius 2 is 1.70 bits per heavy atom. The third kappa shape index (κ3) is 7.39. The van der Waals surface area contributed by atoms with Crippen molar-refractivity contribution < 1.29 is 33.9 Å². The van der Waals surface area contributed by atoms with E-state index in [0.717, 1.165) is 62.6 Å². The summed E-state index contributed by atoms with van der Waals surface area (Å²) in [7, 11) is 0. The van der Waals surface area contributed by atoms with E-state index in [0.29, 0.717) is 0 Å². The molecular formula is C35H48N4O7. The zero-order valence-corrected chi connectivity index (χ0v) is 27.2. The van der Waals surface area contributed by atoms with Crippen molar-refractivity contribution in [1.82, 2.24) is 15.5 Å². The van der Waals surface area contributed by atoms with E-state index >= 15 is 0 Å². The van der Waals surface area contributed by atoms with Crippen LogP contribution in [0.3, 0.4) is 0 Å². The summed E-state index contributed by atoms with van der Waals surface area (Å²) in [6, 6.07) is 7.84. The number of alkyl carbamates (subject to hydrolysis) is 1. The quantitative estimate of drug-likeness (QED) is 0.180. The number of oxime groups is 1. The topological polar surface area (TPSA) is 147 Å². The Hall–Kier alpha value is -3.89. The molecule has 0 bridgehead atoms. The summed E-state index contributed by atoms with van der Waals surface area (Å²) < 4.78 is 5.61. The van der Waals surface area contributed by atoms with Crippen LogP contribution in [0.1, 0.15) is 90.5 Å². The molecule has 3 amide bonds. The number of ether oxygens (including phenoxy) is 1. The van der Waals surface area contributed by atoms with E-state index in [1.54, 1.807) is 0 Å². The monoisotopic (exact) mass is 636 g/mol. The van der Waals surface area contributed by atoms with Crippen LogP contribution in [0.5, 0.6) is 0 Å². The van der Waals surface area contributed by atoms with E-state index in [1.165, 1.54) is 11.0 Å². The first-order valence-corrected chi connectivity index (χ1v) is 16.7. The maximum atomic E-state index is 14.3. The van der Waals surface area contributed by atoms with Gasteiger partial charge in [0.1, 0.15) is 29.8 Å². The molecule has 46 heavy (non-hydrogen) atoms. The lowest BCUT2D eigenvalue weighted by Crippen LogP contribution is -2.59. The van der Waals surface area contributed by atoms with E-state index in [-0.39, 0.29) is 31.4 Å². The van der Waals surface area contributed by atoms with Crippen LogP contribution in [-0.2, 0) is 24.0 Å². The predicted molar refractivity (Wildman–Crippen MR) is 172 cm³/mol. The van der Waals surface area contributed by atoms with Gasteiger partial charge >= 0.3 is 12.1 Å². The number of hydrogen-bond acceptors (Lipinski definition) is 7. The third-order valence-electron chi connectivity index (χ3n) is 9.94. The largest absolute Gasteiger partial charge is 0.479 e. The summed E-state index contributed by atoms with van der Waals surface area (Å²) in [4.78, 5) is 60.7. The Labute approximate surface area is 271 Å². The number of carboxylic acids is 1. The van der Waals surface area contributed by atoms with Gasteiger partial charge < -0.3 is 30.2 Å². The minimum absolute atomic E-state index is 0.0457. The number of hydrogen-bond donors (Lipinski definition) is 3. The van der Waals surface area contributed by atoms with Gasteiger partial charge in [-0.15, -0.1) is 6.58 Å². The molecule has 3 aliphatic carbocycles. The molecule has 5 rings (SSSR count). The number of nitrogens with one attached hydrogen (secondary N) is 2. The number of likely N-dealkylation sites (tertiary alicyclic amines) is 1. The van der Waals surface area contributed by atoms with Crippen molar-refractivity contribution in [2.75, 3.05) is 6.54 Å². The van der Waals surface area contributed by atoms with Crippen molar-refractivity contribution in [2.45, 2.75) is 115 Å². The highest BCUT2D eigenvalue weighted by Gasteiger charge is 2.61. The zero-order valence-electron chi connectivity index (χ0n) is 27.2. The van der Waals surface area contributed by atoms with Gasteiger partial charge in [-0.3, -0.25) is 9.59 Å². The first-order chi connectivity index (χ1) is 21.9. The summed E-state index contributed by atoms with van der Waals surface area (Å²) in [5.41, 5.74) is -0.357. The van der Waals surface area contributed by atoms with E-state index < -0.39 is 58.9 Å². The second-order valence-corrected chi connectivity index (χ2v) is 14.4. The molecule has 250 valence electrons. The van der Waals surface area contributed by atoms with Gasteiger partial charge in [0, 0.05) is 18.3 Å². The summed E-state index contributed by atoms with van der Waals surface area (Å²) >= 11 is 0. The molecule has 4 fully saturated rings. The second kappa shape index (κ2) is 13.8. The third-order valence-corrected chi connectivity index (χ3v) is 9.94. The van der Waals surface area contributed by atoms with Gasteiger partial charge in [-0.1, -0.05) is 75.2 Å². The van der Waals surface area contributed by atoms with Gasteiger partial charge in [-0.05, 0) is 55.9 Å². The molecule has 1 aromatic rings. The molecule has 0 unspecified atom stereocenters. The minimum atomic E-state index is -1.46. The molecule has 1 saturated heterocycles. The number of benzene rings is 1. The molecule has 11 nitrogen and oxygen atoms in total. The van der Waals surface area contributed by atoms with Gasteiger partial charge in [0.05, 0.1) is 12.3 Å². The van der Waals surface area contributed by atoms with Crippen molar-refractivity contribution >= 4 is 29.6 Å². The standard InChI is InChI=1S/C35H48N4O7/c1-5-24-20-35(24,32(42)43)37-30(40)27-19-26(46-38-28(23-15-9-10-16-23)22-13-7-6-8-14-22)21-39(27)31(41)29(34(2,3)4)36-33(44)45-25-17-11-12-18-25/h5-8,13-14,23-27,29H,1,9-12,15-21H2,2-4H3,(H,36,44)(H,37,40)(H,42,43)/b38-28-/t24-,26-,27+,29-,35+/m1/s1. The first kappa shape index (κ1) is 33.5. The van der Waals surface area contributed by atoms with Crippen LogP contribution in [0.25, 0.3) is 0 Å². The normalized spacial score (nSPS) is 27.6. The van der Waals surface area contributed by atoms with Crippen molar-refractivity contribution in [3.05, 3.63) is 48.6 Å². The lowest BCUT2D eigenvalue weighted by molar-refractivity contribution is -0.146. The number of carbonyl (C=O) groups excluding carboxylic acids is 3. The van der Waals surface area contributed by atoms with Crippen LogP contribution in [0, 0.1) is 17.3 Å². The summed E-state index contributed by atoms with van der Waals surface area (Å²) in [6.45, 7) is 9.26. The van der Waals surface area contributed by atoms with Crippen LogP contribution in [0.2, 0.25) is 0 Å². The molecule has 0 aromatic heterocycles. The Morgan fingerprint density at radius 3 is 2.28 bits per heavy atom. The van der Waals surface area contributed by atoms with Gasteiger partial charge in [0.15, 0.2) is 0 Å². The van der Waals surface area contributed by atoms with Crippen molar-refractivity contribution in [3.63, 3.8) is 0 Å². The van der Waals surface area contributed by atoms with Gasteiger partial charge in [0.2, 0.25) is 11.8 Å². The van der Waals surface area contributed by atoms with Gasteiger partial charge in [-0.2, -0.15) is 0 Å². The van der Waals surface area contributed by atoms with E-state index in [9.17, 15) is 24.3 Å². The Balaban J connectivity index is 1.39. The predicted octanol–water partition coefficient (Wildman–Crippen LogP) is 4.80. The van der Waals surface area contributed by atoms with Gasteiger partial charge in [-0.25, -0.2) is 9.59 Å². The van der Waals surface area contributed by atoms with Crippen LogP contribution in [0.4, 0.5) is 4.79 Å². The summed E-state index contributed by atoms with van der Waals surface area (Å²) in [5, 5.41) is 20.1. The Kier molecular flexibility index (Phi) is 10.1. The van der Waals surface area contributed by atoms with Crippen molar-refractivity contribution in [2.24, 2.45) is 22.4 Å². The van der Waals surface area contributed by atoms with Crippen LogP contribution in [-0.4, -0.2) is 76.0 Å². The molecule has 4 aliphatic rings. The maximum Gasteiger partial charge on any atom is 0.408 e. The number of amides is 3. The fourth-order valence-corrected chi connectivity index (χ4v) is 7.11. The molecule has 0 radical (unpaired) electrons. The van der Waals surface area contributed by atoms with E-state index in [2.05, 4.69) is 22.4 Å². The summed E-state index contributed by atoms with van der Waals surface area (Å²) in [6.07, 6.45) is 8.21. The second-order valence-electron chi connectivity index (χ2n) is 14.4. The van der Waals surface area contributed by atoms with Crippen LogP contribution < -0.4 is 10.6 Å². The highest BCUT2D eigenvalue weighted by atomic mass is 16.6. The number of carbonyl (C=O) groups is 4. The average Bonchev–Trinajstić information content (AvgIpc) is 3.50. The molecule has 1 aromatic carbocycles. The number of rotatable bonds is 11. The molecule has 0 spiro atoms. The average molecular weight is 637 g/mol. The fraction of sp³-hybridized carbons (Fsp3) is 0.629.